The van der Waals surface area contributed by atoms with Crippen LogP contribution in [0.25, 0.3) is 16.5 Å². The molecule has 2 aliphatic rings. The Kier molecular flexibility index (Phi) is 9.41. The summed E-state index contributed by atoms with van der Waals surface area (Å²) in [6.07, 6.45) is 0.806. The van der Waals surface area contributed by atoms with E-state index in [-0.39, 0.29) is 16.5 Å². The number of hydrogen-bond acceptors (Lipinski definition) is 11. The Hall–Kier alpha value is -5.07. The Labute approximate surface area is 291 Å². The normalized spacial score (nSPS) is 16.7. The molecule has 0 aliphatic carbocycles. The molecule has 1 aromatic heterocycles. The molecule has 1 amide bonds. The van der Waals surface area contributed by atoms with Crippen LogP contribution in [-0.2, 0) is 15.3 Å². The van der Waals surface area contributed by atoms with Gasteiger partial charge in [0.15, 0.2) is 27.3 Å². The van der Waals surface area contributed by atoms with Crippen molar-refractivity contribution in [3.05, 3.63) is 101 Å². The molecule has 0 radical (unpaired) electrons. The second-order valence-corrected chi connectivity index (χ2v) is 13.5. The van der Waals surface area contributed by atoms with Gasteiger partial charge in [0.2, 0.25) is 5.13 Å². The van der Waals surface area contributed by atoms with Crippen molar-refractivity contribution in [3.63, 3.8) is 0 Å². The molecule has 49 heavy (non-hydrogen) atoms. The zero-order valence-electron chi connectivity index (χ0n) is 26.9. The minimum Gasteiger partial charge on any atom is -0.507 e. The van der Waals surface area contributed by atoms with Gasteiger partial charge in [-0.25, -0.2) is 0 Å². The number of aromatic nitrogens is 2. The Balaban J connectivity index is 1.28. The molecule has 3 heterocycles. The van der Waals surface area contributed by atoms with Crippen LogP contribution < -0.4 is 23.8 Å². The number of anilines is 1. The van der Waals surface area contributed by atoms with E-state index in [2.05, 4.69) is 34.5 Å². The van der Waals surface area contributed by atoms with Crippen molar-refractivity contribution in [1.82, 2.24) is 10.2 Å². The van der Waals surface area contributed by atoms with Crippen LogP contribution in [0, 0.1) is 0 Å². The van der Waals surface area contributed by atoms with Crippen molar-refractivity contribution >= 4 is 56.5 Å². The number of Topliss-reactive ketones (excluding diaryl/α,β-unsaturated/α-hetero) is 1. The molecule has 2 aliphatic heterocycles. The van der Waals surface area contributed by atoms with Gasteiger partial charge in [0.05, 0.1) is 24.8 Å². The van der Waals surface area contributed by atoms with Crippen molar-refractivity contribution < 1.29 is 33.6 Å². The van der Waals surface area contributed by atoms with Crippen LogP contribution in [0.5, 0.6) is 23.0 Å². The molecule has 4 aromatic carbocycles. The average molecular weight is 696 g/mol. The third-order valence-electron chi connectivity index (χ3n) is 8.14. The van der Waals surface area contributed by atoms with Gasteiger partial charge < -0.3 is 24.1 Å². The van der Waals surface area contributed by atoms with E-state index in [1.165, 1.54) is 28.0 Å². The van der Waals surface area contributed by atoms with Crippen molar-refractivity contribution in [2.45, 2.75) is 36.4 Å². The number of ether oxygens (including phenoxy) is 4. The van der Waals surface area contributed by atoms with Crippen LogP contribution in [0.3, 0.4) is 0 Å². The number of aliphatic hydroxyl groups excluding tert-OH is 1. The number of benzene rings is 4. The van der Waals surface area contributed by atoms with E-state index in [0.29, 0.717) is 70.6 Å². The highest BCUT2D eigenvalue weighted by molar-refractivity contribution is 8.00. The summed E-state index contributed by atoms with van der Waals surface area (Å²) in [5.41, 5.74) is 1.90. The molecule has 1 atom stereocenters. The molecule has 250 valence electrons. The minimum absolute atomic E-state index is 0.0912. The first kappa shape index (κ1) is 32.5. The lowest BCUT2D eigenvalue weighted by Gasteiger charge is -2.24. The number of carbonyl (C=O) groups is 2. The van der Waals surface area contributed by atoms with Gasteiger partial charge in [-0.2, -0.15) is 0 Å². The van der Waals surface area contributed by atoms with Crippen molar-refractivity contribution in [1.29, 1.82) is 0 Å². The van der Waals surface area contributed by atoms with Crippen LogP contribution in [0.15, 0.2) is 88.8 Å². The molecule has 1 unspecified atom stereocenters. The quantitative estimate of drug-likeness (QED) is 0.0487. The highest BCUT2D eigenvalue weighted by Gasteiger charge is 2.48. The molecule has 1 N–H and O–H groups in total. The van der Waals surface area contributed by atoms with Crippen LogP contribution in [-0.4, -0.2) is 53.4 Å². The van der Waals surface area contributed by atoms with E-state index in [1.54, 1.807) is 36.4 Å². The molecule has 5 aromatic rings. The highest BCUT2D eigenvalue weighted by atomic mass is 32.2. The fourth-order valence-electron chi connectivity index (χ4n) is 5.90. The van der Waals surface area contributed by atoms with Crippen molar-refractivity contribution in [2.24, 2.45) is 0 Å². The van der Waals surface area contributed by atoms with Gasteiger partial charge in [0.25, 0.3) is 5.78 Å². The maximum atomic E-state index is 13.9. The van der Waals surface area contributed by atoms with Crippen LogP contribution in [0.1, 0.15) is 43.0 Å². The molecule has 10 nitrogen and oxygen atoms in total. The Morgan fingerprint density at radius 1 is 0.939 bits per heavy atom. The Bertz CT molecular complexity index is 2070. The predicted molar refractivity (Wildman–Crippen MR) is 189 cm³/mol. The molecule has 0 bridgehead atoms. The van der Waals surface area contributed by atoms with Gasteiger partial charge in [-0.15, -0.1) is 10.2 Å². The second kappa shape index (κ2) is 14.2. The van der Waals surface area contributed by atoms with Gasteiger partial charge in [-0.1, -0.05) is 78.6 Å². The lowest BCUT2D eigenvalue weighted by atomic mass is 9.95. The molecule has 0 spiro atoms. The van der Waals surface area contributed by atoms with E-state index in [4.69, 9.17) is 18.9 Å². The van der Waals surface area contributed by atoms with Gasteiger partial charge in [-0.05, 0) is 65.6 Å². The summed E-state index contributed by atoms with van der Waals surface area (Å²) in [7, 11) is 0. The summed E-state index contributed by atoms with van der Waals surface area (Å²) < 4.78 is 23.8. The van der Waals surface area contributed by atoms with Crippen molar-refractivity contribution in [2.75, 3.05) is 31.3 Å². The SMILES string of the molecule is CCCOc1ccc(C2/C(=C(\O)c3ccc4c(c3)OCCO4)C(=O)C(=O)N2c2nnc(SCc3cccc4ccccc34)s2)cc1OCC. The first-order valence-electron chi connectivity index (χ1n) is 16.0. The lowest BCUT2D eigenvalue weighted by molar-refractivity contribution is -0.132. The van der Waals surface area contributed by atoms with E-state index >= 15 is 0 Å². The molecule has 7 rings (SSSR count). The Morgan fingerprint density at radius 2 is 1.76 bits per heavy atom. The van der Waals surface area contributed by atoms with E-state index in [9.17, 15) is 14.7 Å². The summed E-state index contributed by atoms with van der Waals surface area (Å²) >= 11 is 2.71. The number of rotatable bonds is 11. The summed E-state index contributed by atoms with van der Waals surface area (Å²) in [4.78, 5) is 29.1. The average Bonchev–Trinajstić information content (AvgIpc) is 3.71. The predicted octanol–water partition coefficient (Wildman–Crippen LogP) is 7.57. The smallest absolute Gasteiger partial charge is 0.301 e. The Morgan fingerprint density at radius 3 is 2.59 bits per heavy atom. The summed E-state index contributed by atoms with van der Waals surface area (Å²) in [6, 6.07) is 23.5. The first-order valence-corrected chi connectivity index (χ1v) is 17.8. The topological polar surface area (TPSA) is 120 Å². The maximum Gasteiger partial charge on any atom is 0.301 e. The zero-order valence-corrected chi connectivity index (χ0v) is 28.5. The van der Waals surface area contributed by atoms with Gasteiger partial charge >= 0.3 is 5.91 Å². The molecule has 12 heteroatoms. The van der Waals surface area contributed by atoms with Crippen molar-refractivity contribution in [3.8, 4) is 23.0 Å². The molecular weight excluding hydrogens is 663 g/mol. The number of amides is 1. The first-order chi connectivity index (χ1) is 24.0. The summed E-state index contributed by atoms with van der Waals surface area (Å²) in [6.45, 7) is 5.50. The number of ketones is 1. The highest BCUT2D eigenvalue weighted by Crippen LogP contribution is 2.46. The summed E-state index contributed by atoms with van der Waals surface area (Å²) in [5, 5.41) is 23.0. The van der Waals surface area contributed by atoms with Gasteiger partial charge in [0, 0.05) is 11.3 Å². The number of carbonyl (C=O) groups excluding carboxylic acids is 2. The second-order valence-electron chi connectivity index (χ2n) is 11.3. The van der Waals surface area contributed by atoms with E-state index < -0.39 is 17.7 Å². The van der Waals surface area contributed by atoms with Gasteiger partial charge in [-0.3, -0.25) is 14.5 Å². The minimum atomic E-state index is -1.03. The largest absolute Gasteiger partial charge is 0.507 e. The third kappa shape index (κ3) is 6.41. The molecule has 1 fully saturated rings. The number of nitrogens with zero attached hydrogens (tertiary/aromatic N) is 3. The molecular formula is C37H33N3O7S2. The fourth-order valence-corrected chi connectivity index (χ4v) is 7.77. The van der Waals surface area contributed by atoms with E-state index in [1.807, 2.05) is 32.0 Å². The van der Waals surface area contributed by atoms with E-state index in [0.717, 1.165) is 22.8 Å². The zero-order chi connectivity index (χ0) is 33.9. The van der Waals surface area contributed by atoms with Crippen LogP contribution in [0.2, 0.25) is 0 Å². The number of fused-ring (bicyclic) bond motifs is 2. The molecule has 1 saturated heterocycles. The lowest BCUT2D eigenvalue weighted by Crippen LogP contribution is -2.29. The fraction of sp³-hybridized carbons (Fsp3) is 0.243. The van der Waals surface area contributed by atoms with Gasteiger partial charge in [0.1, 0.15) is 19.0 Å². The number of thioether (sulfide) groups is 1. The number of aliphatic hydroxyl groups is 1. The molecule has 0 saturated carbocycles. The number of hydrogen-bond donors (Lipinski definition) is 1. The monoisotopic (exact) mass is 695 g/mol. The summed E-state index contributed by atoms with van der Waals surface area (Å²) in [5.74, 6) is 0.597. The standard InChI is InChI=1S/C37H33N3O7S2/c1-3-16-45-27-14-12-23(19-29(27)44-4-2)32-31(33(41)24-13-15-28-30(20-24)47-18-17-46-28)34(42)35(43)40(32)36-38-39-37(49-36)48-21-25-10-7-9-22-8-5-6-11-26(22)25/h5-15,19-20,32,41H,3-4,16-18,21H2,1-2H3/b33-31+. The maximum absolute atomic E-state index is 13.9. The third-order valence-corrected chi connectivity index (χ3v) is 10.2. The van der Waals surface area contributed by atoms with Crippen LogP contribution >= 0.6 is 23.1 Å². The van der Waals surface area contributed by atoms with Crippen LogP contribution in [0.4, 0.5) is 5.13 Å².